The number of carbonyl (C=O) groups is 2. The quantitative estimate of drug-likeness (QED) is 0.650. The Kier molecular flexibility index (Phi) is 3.46. The predicted molar refractivity (Wildman–Crippen MR) is 50.6 cm³/mol. The number of primary amides is 1. The molecule has 80 valence electrons. The van der Waals surface area contributed by atoms with Gasteiger partial charge >= 0.3 is 5.97 Å². The van der Waals surface area contributed by atoms with E-state index in [-0.39, 0.29) is 24.3 Å². The predicted octanol–water partition coefficient (Wildman–Crippen LogP) is -0.343. The van der Waals surface area contributed by atoms with Gasteiger partial charge in [-0.25, -0.2) is 0 Å². The zero-order chi connectivity index (χ0) is 10.7. The van der Waals surface area contributed by atoms with Crippen LogP contribution in [0, 0.1) is 5.92 Å². The largest absolute Gasteiger partial charge is 0.481 e. The van der Waals surface area contributed by atoms with E-state index in [1.807, 2.05) is 4.90 Å². The molecule has 0 aromatic rings. The molecule has 1 rings (SSSR count). The molecule has 1 amide bonds. The number of aliphatic carboxylic acids is 1. The van der Waals surface area contributed by atoms with Gasteiger partial charge in [0.05, 0.1) is 6.04 Å². The molecule has 0 radical (unpaired) electrons. The fourth-order valence-electron chi connectivity index (χ4n) is 1.81. The minimum atomic E-state index is -0.774. The van der Waals surface area contributed by atoms with Crippen LogP contribution in [0.4, 0.5) is 0 Å². The van der Waals surface area contributed by atoms with E-state index in [1.165, 1.54) is 0 Å². The summed E-state index contributed by atoms with van der Waals surface area (Å²) in [6.07, 6.45) is 1.02. The Bertz CT molecular complexity index is 242. The van der Waals surface area contributed by atoms with E-state index in [9.17, 15) is 9.59 Å². The lowest BCUT2D eigenvalue weighted by Crippen LogP contribution is -2.41. The molecule has 0 saturated carbocycles. The van der Waals surface area contributed by atoms with Crippen molar-refractivity contribution in [3.63, 3.8) is 0 Å². The van der Waals surface area contributed by atoms with Gasteiger partial charge in [0.15, 0.2) is 0 Å². The van der Waals surface area contributed by atoms with Crippen LogP contribution in [-0.2, 0) is 9.59 Å². The molecular weight excluding hydrogens is 184 g/mol. The van der Waals surface area contributed by atoms with Crippen LogP contribution in [0.3, 0.4) is 0 Å². The normalized spacial score (nSPS) is 24.8. The summed E-state index contributed by atoms with van der Waals surface area (Å²) in [6.45, 7) is 3.18. The highest BCUT2D eigenvalue weighted by atomic mass is 16.4. The molecule has 5 heteroatoms. The lowest BCUT2D eigenvalue weighted by molar-refractivity contribution is -0.138. The second-order valence-corrected chi connectivity index (χ2v) is 3.83. The van der Waals surface area contributed by atoms with Gasteiger partial charge in [-0.1, -0.05) is 0 Å². The maximum atomic E-state index is 10.9. The van der Waals surface area contributed by atoms with Gasteiger partial charge in [0, 0.05) is 13.0 Å². The molecule has 2 unspecified atom stereocenters. The van der Waals surface area contributed by atoms with Crippen LogP contribution in [0.5, 0.6) is 0 Å². The van der Waals surface area contributed by atoms with Gasteiger partial charge in [-0.15, -0.1) is 0 Å². The molecule has 0 spiro atoms. The minimum absolute atomic E-state index is 0.161. The van der Waals surface area contributed by atoms with Crippen LogP contribution in [0.15, 0.2) is 0 Å². The van der Waals surface area contributed by atoms with Gasteiger partial charge in [0.2, 0.25) is 5.91 Å². The Morgan fingerprint density at radius 1 is 1.64 bits per heavy atom. The van der Waals surface area contributed by atoms with Crippen LogP contribution < -0.4 is 5.73 Å². The van der Waals surface area contributed by atoms with E-state index >= 15 is 0 Å². The Labute approximate surface area is 82.9 Å². The molecular formula is C9H16N2O3. The van der Waals surface area contributed by atoms with Gasteiger partial charge in [-0.2, -0.15) is 0 Å². The monoisotopic (exact) mass is 200 g/mol. The van der Waals surface area contributed by atoms with E-state index in [0.717, 1.165) is 13.0 Å². The van der Waals surface area contributed by atoms with E-state index in [2.05, 4.69) is 0 Å². The first kappa shape index (κ1) is 11.0. The van der Waals surface area contributed by atoms with Crippen molar-refractivity contribution in [1.29, 1.82) is 0 Å². The molecule has 3 N–H and O–H groups in total. The molecule has 0 aromatic carbocycles. The molecule has 1 saturated heterocycles. The van der Waals surface area contributed by atoms with E-state index in [0.29, 0.717) is 6.54 Å². The highest BCUT2D eigenvalue weighted by molar-refractivity contribution is 5.79. The highest BCUT2D eigenvalue weighted by Gasteiger charge is 2.29. The first-order valence-corrected chi connectivity index (χ1v) is 4.76. The van der Waals surface area contributed by atoms with Crippen molar-refractivity contribution in [1.82, 2.24) is 4.90 Å². The molecule has 0 bridgehead atoms. The second kappa shape index (κ2) is 4.41. The molecule has 0 aliphatic carbocycles. The van der Waals surface area contributed by atoms with Crippen molar-refractivity contribution < 1.29 is 14.7 Å². The van der Waals surface area contributed by atoms with Crippen LogP contribution in [0.1, 0.15) is 19.8 Å². The highest BCUT2D eigenvalue weighted by Crippen LogP contribution is 2.21. The Morgan fingerprint density at radius 3 is 2.79 bits per heavy atom. The number of nitrogens with two attached hydrogens (primary N) is 1. The molecule has 5 nitrogen and oxygen atoms in total. The van der Waals surface area contributed by atoms with Crippen molar-refractivity contribution in [2.45, 2.75) is 25.8 Å². The van der Waals surface area contributed by atoms with Crippen molar-refractivity contribution in [2.75, 3.05) is 13.1 Å². The average molecular weight is 200 g/mol. The van der Waals surface area contributed by atoms with Crippen LogP contribution in [0.25, 0.3) is 0 Å². The van der Waals surface area contributed by atoms with Gasteiger partial charge in [-0.3, -0.25) is 14.5 Å². The summed E-state index contributed by atoms with van der Waals surface area (Å²) in [5, 5.41) is 8.60. The maximum absolute atomic E-state index is 10.9. The number of hydrogen-bond donors (Lipinski definition) is 2. The van der Waals surface area contributed by atoms with Crippen molar-refractivity contribution in [2.24, 2.45) is 11.7 Å². The van der Waals surface area contributed by atoms with Gasteiger partial charge in [0.1, 0.15) is 0 Å². The summed E-state index contributed by atoms with van der Waals surface area (Å²) < 4.78 is 0. The number of nitrogens with zero attached hydrogens (tertiary/aromatic N) is 1. The number of likely N-dealkylation sites (tertiary alicyclic amines) is 1. The first-order valence-electron chi connectivity index (χ1n) is 4.76. The van der Waals surface area contributed by atoms with Gasteiger partial charge < -0.3 is 10.8 Å². The van der Waals surface area contributed by atoms with E-state index < -0.39 is 5.97 Å². The Balaban J connectivity index is 2.41. The third-order valence-corrected chi connectivity index (χ3v) is 2.74. The summed E-state index contributed by atoms with van der Waals surface area (Å²) in [7, 11) is 0. The van der Waals surface area contributed by atoms with Crippen molar-refractivity contribution >= 4 is 11.9 Å². The molecule has 1 aliphatic heterocycles. The standard InChI is InChI=1S/C9H16N2O3/c1-6(9(10)14)11-3-2-7(5-11)4-8(12)13/h6-7H,2-5H2,1H3,(H2,10,14)(H,12,13). The first-order chi connectivity index (χ1) is 6.50. The third kappa shape index (κ3) is 2.70. The molecule has 14 heavy (non-hydrogen) atoms. The van der Waals surface area contributed by atoms with Crippen molar-refractivity contribution in [3.8, 4) is 0 Å². The van der Waals surface area contributed by atoms with Crippen LogP contribution >= 0.6 is 0 Å². The number of carbonyl (C=O) groups excluding carboxylic acids is 1. The zero-order valence-electron chi connectivity index (χ0n) is 8.27. The summed E-state index contributed by atoms with van der Waals surface area (Å²) in [6, 6.07) is -0.284. The Hall–Kier alpha value is -1.10. The second-order valence-electron chi connectivity index (χ2n) is 3.83. The summed E-state index contributed by atoms with van der Waals surface area (Å²) in [5.41, 5.74) is 5.17. The molecule has 1 heterocycles. The van der Waals surface area contributed by atoms with Crippen molar-refractivity contribution in [3.05, 3.63) is 0 Å². The van der Waals surface area contributed by atoms with Gasteiger partial charge in [0.25, 0.3) is 0 Å². The summed E-state index contributed by atoms with van der Waals surface area (Å²) >= 11 is 0. The summed E-state index contributed by atoms with van der Waals surface area (Å²) in [5.74, 6) is -0.959. The lowest BCUT2D eigenvalue weighted by atomic mass is 10.1. The van der Waals surface area contributed by atoms with E-state index in [4.69, 9.17) is 10.8 Å². The number of hydrogen-bond acceptors (Lipinski definition) is 3. The number of rotatable bonds is 4. The van der Waals surface area contributed by atoms with Crippen LogP contribution in [0.2, 0.25) is 0 Å². The fourth-order valence-corrected chi connectivity index (χ4v) is 1.81. The molecule has 0 aromatic heterocycles. The van der Waals surface area contributed by atoms with E-state index in [1.54, 1.807) is 6.92 Å². The zero-order valence-corrected chi connectivity index (χ0v) is 8.27. The van der Waals surface area contributed by atoms with Gasteiger partial charge in [-0.05, 0) is 25.8 Å². The number of carboxylic acids is 1. The Morgan fingerprint density at radius 2 is 2.29 bits per heavy atom. The average Bonchev–Trinajstić information content (AvgIpc) is 2.50. The molecule has 2 atom stereocenters. The molecule has 1 aliphatic rings. The maximum Gasteiger partial charge on any atom is 0.303 e. The number of amides is 1. The van der Waals surface area contributed by atoms with Crippen LogP contribution in [-0.4, -0.2) is 41.0 Å². The lowest BCUT2D eigenvalue weighted by Gasteiger charge is -2.20. The number of carboxylic acid groups (broad SMARTS) is 1. The topological polar surface area (TPSA) is 83.6 Å². The minimum Gasteiger partial charge on any atom is -0.481 e. The smallest absolute Gasteiger partial charge is 0.303 e. The third-order valence-electron chi connectivity index (χ3n) is 2.74. The summed E-state index contributed by atoms with van der Waals surface area (Å²) in [4.78, 5) is 23.3. The SMILES string of the molecule is CC(C(N)=O)N1CCC(CC(=O)O)C1. The molecule has 1 fully saturated rings. The fraction of sp³-hybridized carbons (Fsp3) is 0.778.